The maximum absolute atomic E-state index is 5.53. The molecule has 0 saturated carbocycles. The van der Waals surface area contributed by atoms with E-state index in [9.17, 15) is 0 Å². The third-order valence-electron chi connectivity index (χ3n) is 3.38. The first-order chi connectivity index (χ1) is 8.81. The number of aryl methyl sites for hydroxylation is 1. The molecule has 2 rings (SSSR count). The van der Waals surface area contributed by atoms with Crippen molar-refractivity contribution in [1.82, 2.24) is 9.97 Å². The quantitative estimate of drug-likeness (QED) is 0.815. The Labute approximate surface area is 109 Å². The molecule has 0 radical (unpaired) electrons. The monoisotopic (exact) mass is 249 g/mol. The van der Waals surface area contributed by atoms with E-state index < -0.39 is 0 Å². The molecule has 0 amide bonds. The zero-order valence-corrected chi connectivity index (χ0v) is 11.4. The molecule has 1 aromatic rings. The van der Waals surface area contributed by atoms with Crippen LogP contribution >= 0.6 is 0 Å². The maximum atomic E-state index is 5.53. The molecule has 4 heteroatoms. The molecule has 1 N–H and O–H groups in total. The third-order valence-corrected chi connectivity index (χ3v) is 3.38. The molecule has 4 nitrogen and oxygen atoms in total. The van der Waals surface area contributed by atoms with E-state index in [4.69, 9.17) is 4.74 Å². The predicted molar refractivity (Wildman–Crippen MR) is 72.9 cm³/mol. The summed E-state index contributed by atoms with van der Waals surface area (Å²) in [5.41, 5.74) is 2.55. The second-order valence-electron chi connectivity index (χ2n) is 4.86. The molecule has 1 aliphatic carbocycles. The van der Waals surface area contributed by atoms with Gasteiger partial charge in [-0.15, -0.1) is 0 Å². The van der Waals surface area contributed by atoms with Crippen molar-refractivity contribution in [1.29, 1.82) is 0 Å². The second-order valence-corrected chi connectivity index (χ2v) is 4.86. The SMILES string of the molecule is CCOC(C)CNc1ncnc2c1CCCCC2. The Balaban J connectivity index is 2.04. The highest BCUT2D eigenvalue weighted by atomic mass is 16.5. The lowest BCUT2D eigenvalue weighted by Gasteiger charge is -2.16. The third kappa shape index (κ3) is 3.42. The van der Waals surface area contributed by atoms with Gasteiger partial charge < -0.3 is 10.1 Å². The van der Waals surface area contributed by atoms with Gasteiger partial charge in [-0.3, -0.25) is 0 Å². The van der Waals surface area contributed by atoms with Crippen LogP contribution in [-0.4, -0.2) is 29.2 Å². The Bertz CT molecular complexity index is 381. The van der Waals surface area contributed by atoms with E-state index in [2.05, 4.69) is 22.2 Å². The average molecular weight is 249 g/mol. The molecular weight excluding hydrogens is 226 g/mol. The van der Waals surface area contributed by atoms with Gasteiger partial charge in [-0.1, -0.05) is 6.42 Å². The summed E-state index contributed by atoms with van der Waals surface area (Å²) in [6.07, 6.45) is 7.87. The van der Waals surface area contributed by atoms with Crippen LogP contribution in [0.4, 0.5) is 5.82 Å². The predicted octanol–water partition coefficient (Wildman–Crippen LogP) is 2.58. The lowest BCUT2D eigenvalue weighted by Crippen LogP contribution is -2.21. The number of ether oxygens (including phenoxy) is 1. The minimum atomic E-state index is 0.214. The van der Waals surface area contributed by atoms with Gasteiger partial charge in [0.05, 0.1) is 6.10 Å². The summed E-state index contributed by atoms with van der Waals surface area (Å²) in [5.74, 6) is 1.01. The van der Waals surface area contributed by atoms with Crippen LogP contribution in [0.3, 0.4) is 0 Å². The highest BCUT2D eigenvalue weighted by Crippen LogP contribution is 2.23. The van der Waals surface area contributed by atoms with Crippen LogP contribution in [0.1, 0.15) is 44.4 Å². The van der Waals surface area contributed by atoms with E-state index >= 15 is 0 Å². The van der Waals surface area contributed by atoms with Crippen LogP contribution in [0.2, 0.25) is 0 Å². The molecule has 0 saturated heterocycles. The van der Waals surface area contributed by atoms with Gasteiger partial charge in [0.1, 0.15) is 12.1 Å². The molecule has 0 aromatic carbocycles. The second kappa shape index (κ2) is 6.69. The molecule has 1 heterocycles. The van der Waals surface area contributed by atoms with Crippen molar-refractivity contribution in [3.8, 4) is 0 Å². The summed E-state index contributed by atoms with van der Waals surface area (Å²) >= 11 is 0. The Hall–Kier alpha value is -1.16. The van der Waals surface area contributed by atoms with Crippen molar-refractivity contribution in [2.24, 2.45) is 0 Å². The first-order valence-electron chi connectivity index (χ1n) is 6.99. The lowest BCUT2D eigenvalue weighted by atomic mass is 10.1. The van der Waals surface area contributed by atoms with Gasteiger partial charge in [0.25, 0.3) is 0 Å². The van der Waals surface area contributed by atoms with E-state index in [-0.39, 0.29) is 6.10 Å². The largest absolute Gasteiger partial charge is 0.377 e. The van der Waals surface area contributed by atoms with Crippen molar-refractivity contribution in [2.45, 2.75) is 52.1 Å². The summed E-state index contributed by atoms with van der Waals surface area (Å²) in [4.78, 5) is 8.81. The van der Waals surface area contributed by atoms with E-state index in [1.807, 2.05) is 6.92 Å². The Morgan fingerprint density at radius 3 is 2.94 bits per heavy atom. The van der Waals surface area contributed by atoms with Crippen LogP contribution in [-0.2, 0) is 17.6 Å². The fraction of sp³-hybridized carbons (Fsp3) is 0.714. The summed E-state index contributed by atoms with van der Waals surface area (Å²) in [6.45, 7) is 5.66. The molecule has 0 aliphatic heterocycles. The van der Waals surface area contributed by atoms with Gasteiger partial charge in [0, 0.05) is 24.4 Å². The summed E-state index contributed by atoms with van der Waals surface area (Å²) in [6, 6.07) is 0. The Morgan fingerprint density at radius 2 is 2.11 bits per heavy atom. The zero-order chi connectivity index (χ0) is 12.8. The smallest absolute Gasteiger partial charge is 0.132 e. The molecule has 18 heavy (non-hydrogen) atoms. The first-order valence-corrected chi connectivity index (χ1v) is 6.99. The number of fused-ring (bicyclic) bond motifs is 1. The maximum Gasteiger partial charge on any atom is 0.132 e. The molecular formula is C14H23N3O. The van der Waals surface area contributed by atoms with Gasteiger partial charge in [0.2, 0.25) is 0 Å². The van der Waals surface area contributed by atoms with Gasteiger partial charge >= 0.3 is 0 Å². The van der Waals surface area contributed by atoms with Gasteiger partial charge in [-0.2, -0.15) is 0 Å². The molecule has 0 fully saturated rings. The van der Waals surface area contributed by atoms with Crippen LogP contribution in [0.25, 0.3) is 0 Å². The highest BCUT2D eigenvalue weighted by molar-refractivity contribution is 5.46. The van der Waals surface area contributed by atoms with Crippen molar-refractivity contribution in [3.05, 3.63) is 17.6 Å². The van der Waals surface area contributed by atoms with Crippen molar-refractivity contribution in [2.75, 3.05) is 18.5 Å². The highest BCUT2D eigenvalue weighted by Gasteiger charge is 2.14. The number of nitrogens with zero attached hydrogens (tertiary/aromatic N) is 2. The van der Waals surface area contributed by atoms with Crippen LogP contribution in [0.15, 0.2) is 6.33 Å². The lowest BCUT2D eigenvalue weighted by molar-refractivity contribution is 0.0854. The number of hydrogen-bond acceptors (Lipinski definition) is 4. The van der Waals surface area contributed by atoms with Crippen molar-refractivity contribution < 1.29 is 4.74 Å². The Morgan fingerprint density at radius 1 is 1.28 bits per heavy atom. The number of anilines is 1. The van der Waals surface area contributed by atoms with Crippen molar-refractivity contribution in [3.63, 3.8) is 0 Å². The minimum absolute atomic E-state index is 0.214. The fourth-order valence-corrected chi connectivity index (χ4v) is 2.43. The van der Waals surface area contributed by atoms with E-state index in [0.29, 0.717) is 0 Å². The number of hydrogen-bond donors (Lipinski definition) is 1. The molecule has 100 valence electrons. The molecule has 1 unspecified atom stereocenters. The minimum Gasteiger partial charge on any atom is -0.377 e. The summed E-state index contributed by atoms with van der Waals surface area (Å²) < 4.78 is 5.53. The van der Waals surface area contributed by atoms with E-state index in [0.717, 1.165) is 31.8 Å². The number of nitrogens with one attached hydrogen (secondary N) is 1. The Kier molecular flexibility index (Phi) is 4.93. The summed E-state index contributed by atoms with van der Waals surface area (Å²) in [7, 11) is 0. The van der Waals surface area contributed by atoms with Gasteiger partial charge in [0.15, 0.2) is 0 Å². The topological polar surface area (TPSA) is 47.0 Å². The first kappa shape index (κ1) is 13.3. The summed E-state index contributed by atoms with van der Waals surface area (Å²) in [5, 5.41) is 3.41. The molecule has 1 aliphatic rings. The van der Waals surface area contributed by atoms with Crippen LogP contribution in [0.5, 0.6) is 0 Å². The zero-order valence-electron chi connectivity index (χ0n) is 11.4. The molecule has 0 spiro atoms. The average Bonchev–Trinajstić information content (AvgIpc) is 2.62. The number of aromatic nitrogens is 2. The normalized spacial score (nSPS) is 16.8. The molecule has 0 bridgehead atoms. The number of rotatable bonds is 5. The van der Waals surface area contributed by atoms with Crippen LogP contribution < -0.4 is 5.32 Å². The van der Waals surface area contributed by atoms with Crippen molar-refractivity contribution >= 4 is 5.82 Å². The van der Waals surface area contributed by atoms with E-state index in [1.165, 1.54) is 30.5 Å². The van der Waals surface area contributed by atoms with E-state index in [1.54, 1.807) is 6.33 Å². The van der Waals surface area contributed by atoms with Crippen LogP contribution in [0, 0.1) is 0 Å². The van der Waals surface area contributed by atoms with Gasteiger partial charge in [-0.05, 0) is 39.5 Å². The fourth-order valence-electron chi connectivity index (χ4n) is 2.43. The van der Waals surface area contributed by atoms with Gasteiger partial charge in [-0.25, -0.2) is 9.97 Å². The standard InChI is InChI=1S/C14H23N3O/c1-3-18-11(2)9-15-14-12-7-5-4-6-8-13(12)16-10-17-14/h10-11H,3-9H2,1-2H3,(H,15,16,17). The molecule has 1 aromatic heterocycles. The molecule has 1 atom stereocenters.